The molecule has 3 aliphatic carbocycles. The Morgan fingerprint density at radius 1 is 0.879 bits per heavy atom. The lowest BCUT2D eigenvalue weighted by atomic mass is 9.65. The first-order valence-corrected chi connectivity index (χ1v) is 11.9. The van der Waals surface area contributed by atoms with Crippen LogP contribution >= 0.6 is 0 Å². The molecular weight excluding hydrogens is 396 g/mol. The maximum absolute atomic E-state index is 4.33. The van der Waals surface area contributed by atoms with Crippen LogP contribution in [0.4, 0.5) is 0 Å². The highest BCUT2D eigenvalue weighted by Crippen LogP contribution is 2.63. The third-order valence-electron chi connectivity index (χ3n) is 7.85. The van der Waals surface area contributed by atoms with Crippen molar-refractivity contribution in [1.29, 1.82) is 0 Å². The molecule has 0 nitrogen and oxygen atoms in total. The molecular formula is C33H28. The summed E-state index contributed by atoms with van der Waals surface area (Å²) >= 11 is 0. The van der Waals surface area contributed by atoms with Crippen LogP contribution in [0.15, 0.2) is 115 Å². The molecule has 0 saturated heterocycles. The maximum Gasteiger partial charge on any atom is 0.0525 e. The molecule has 0 amide bonds. The summed E-state index contributed by atoms with van der Waals surface area (Å²) in [7, 11) is 0. The predicted molar refractivity (Wildman–Crippen MR) is 143 cm³/mol. The number of hydrogen-bond donors (Lipinski definition) is 0. The van der Waals surface area contributed by atoms with Gasteiger partial charge in [-0.1, -0.05) is 91.6 Å². The average Bonchev–Trinajstić information content (AvgIpc) is 3.46. The number of rotatable bonds is 4. The number of benzene rings is 3. The van der Waals surface area contributed by atoms with Crippen molar-refractivity contribution in [1.82, 2.24) is 0 Å². The third-order valence-corrected chi connectivity index (χ3v) is 7.85. The third kappa shape index (κ3) is 2.31. The summed E-state index contributed by atoms with van der Waals surface area (Å²) in [6.07, 6.45) is 16.6. The Bertz CT molecular complexity index is 1480. The Kier molecular flexibility index (Phi) is 4.35. The molecule has 0 radical (unpaired) electrons. The molecule has 0 heterocycles. The molecule has 2 atom stereocenters. The van der Waals surface area contributed by atoms with Crippen LogP contribution in [0, 0.1) is 5.92 Å². The first kappa shape index (κ1) is 20.0. The Morgan fingerprint density at radius 2 is 1.61 bits per heavy atom. The van der Waals surface area contributed by atoms with E-state index in [0.29, 0.717) is 5.92 Å². The van der Waals surface area contributed by atoms with E-state index in [1.807, 2.05) is 0 Å². The molecule has 0 heteroatoms. The highest BCUT2D eigenvalue weighted by atomic mass is 14.5. The van der Waals surface area contributed by atoms with E-state index in [-0.39, 0.29) is 5.41 Å². The van der Waals surface area contributed by atoms with E-state index in [1.165, 1.54) is 60.9 Å². The van der Waals surface area contributed by atoms with Gasteiger partial charge in [0.15, 0.2) is 0 Å². The summed E-state index contributed by atoms with van der Waals surface area (Å²) in [4.78, 5) is 0. The van der Waals surface area contributed by atoms with Gasteiger partial charge in [0.25, 0.3) is 0 Å². The van der Waals surface area contributed by atoms with Crippen LogP contribution in [0.2, 0.25) is 0 Å². The van der Waals surface area contributed by atoms with Crippen molar-refractivity contribution in [3.05, 3.63) is 126 Å². The van der Waals surface area contributed by atoms with E-state index in [4.69, 9.17) is 0 Å². The Balaban J connectivity index is 1.83. The Labute approximate surface area is 196 Å². The van der Waals surface area contributed by atoms with E-state index < -0.39 is 0 Å². The molecule has 0 saturated carbocycles. The second kappa shape index (κ2) is 7.18. The molecule has 0 N–H and O–H groups in total. The summed E-state index contributed by atoms with van der Waals surface area (Å²) in [5.41, 5.74) is 11.9. The molecule has 2 unspecified atom stereocenters. The van der Waals surface area contributed by atoms with Gasteiger partial charge < -0.3 is 0 Å². The maximum atomic E-state index is 4.33. The summed E-state index contributed by atoms with van der Waals surface area (Å²) in [5, 5.41) is 2.72. The zero-order chi connectivity index (χ0) is 22.7. The summed E-state index contributed by atoms with van der Waals surface area (Å²) < 4.78 is 0. The van der Waals surface area contributed by atoms with Crippen molar-refractivity contribution in [3.8, 4) is 22.3 Å². The largest absolute Gasteiger partial charge is 0.103 e. The van der Waals surface area contributed by atoms with Crippen LogP contribution < -0.4 is 0 Å². The highest BCUT2D eigenvalue weighted by Gasteiger charge is 2.52. The molecule has 3 aliphatic rings. The fraction of sp³-hybridized carbons (Fsp3) is 0.152. The fourth-order valence-corrected chi connectivity index (χ4v) is 6.75. The molecule has 3 aromatic carbocycles. The van der Waals surface area contributed by atoms with Crippen LogP contribution in [0.1, 0.15) is 31.4 Å². The van der Waals surface area contributed by atoms with Crippen LogP contribution in [-0.2, 0) is 5.41 Å². The van der Waals surface area contributed by atoms with Crippen LogP contribution in [0.5, 0.6) is 0 Å². The van der Waals surface area contributed by atoms with Crippen molar-refractivity contribution in [2.75, 3.05) is 0 Å². The average molecular weight is 425 g/mol. The summed E-state index contributed by atoms with van der Waals surface area (Å²) in [5.74, 6) is 0.294. The lowest BCUT2D eigenvalue weighted by Crippen LogP contribution is -2.32. The number of hydrogen-bond acceptors (Lipinski definition) is 0. The van der Waals surface area contributed by atoms with Gasteiger partial charge in [-0.3, -0.25) is 0 Å². The number of allylic oxidation sites excluding steroid dienone is 10. The molecule has 3 aromatic rings. The first-order valence-electron chi connectivity index (χ1n) is 11.9. The molecule has 0 aliphatic heterocycles. The van der Waals surface area contributed by atoms with Crippen molar-refractivity contribution in [3.63, 3.8) is 0 Å². The van der Waals surface area contributed by atoms with Crippen molar-refractivity contribution < 1.29 is 0 Å². The standard InChI is InChI=1S/C33H28/c1-5-12-22-19-18-21(7-3)33(22)29(8-4)26(13-6-2)32-27-17-11-16-25-23-14-9-10-15-24(23)28(31(25)27)20-30(32)33/h5-17,19-21H,3-4,18H2,1-2H3/b12-5-,13-6-. The van der Waals surface area contributed by atoms with Gasteiger partial charge in [0.1, 0.15) is 0 Å². The second-order valence-electron chi connectivity index (χ2n) is 9.20. The van der Waals surface area contributed by atoms with Gasteiger partial charge in [-0.05, 0) is 93.1 Å². The first-order chi connectivity index (χ1) is 16.2. The monoisotopic (exact) mass is 424 g/mol. The van der Waals surface area contributed by atoms with Crippen LogP contribution in [0.25, 0.3) is 38.6 Å². The van der Waals surface area contributed by atoms with Gasteiger partial charge in [0.05, 0.1) is 5.41 Å². The lowest BCUT2D eigenvalue weighted by Gasteiger charge is -2.36. The predicted octanol–water partition coefficient (Wildman–Crippen LogP) is 8.96. The molecule has 33 heavy (non-hydrogen) atoms. The SMILES string of the molecule is C=CC1=C(/C=C\C)c2c(cc3c4c(cccc24)-c2ccccc2-3)C12C(/C=C\C)=CCC2C=C. The van der Waals surface area contributed by atoms with E-state index in [9.17, 15) is 0 Å². The summed E-state index contributed by atoms with van der Waals surface area (Å²) in [6, 6.07) is 18.1. The molecule has 0 aromatic heterocycles. The fourth-order valence-electron chi connectivity index (χ4n) is 6.75. The van der Waals surface area contributed by atoms with E-state index in [1.54, 1.807) is 0 Å². The van der Waals surface area contributed by atoms with Crippen LogP contribution in [-0.4, -0.2) is 0 Å². The molecule has 6 rings (SSSR count). The minimum Gasteiger partial charge on any atom is -0.103 e. The highest BCUT2D eigenvalue weighted by molar-refractivity contribution is 6.19. The Hall–Kier alpha value is -3.64. The lowest BCUT2D eigenvalue weighted by molar-refractivity contribution is 0.493. The van der Waals surface area contributed by atoms with E-state index >= 15 is 0 Å². The van der Waals surface area contributed by atoms with Gasteiger partial charge in [-0.2, -0.15) is 0 Å². The van der Waals surface area contributed by atoms with Crippen molar-refractivity contribution in [2.45, 2.75) is 25.7 Å². The zero-order valence-electron chi connectivity index (χ0n) is 19.4. The molecule has 160 valence electrons. The van der Waals surface area contributed by atoms with Crippen molar-refractivity contribution >= 4 is 16.3 Å². The molecule has 0 fully saturated rings. The van der Waals surface area contributed by atoms with E-state index in [0.717, 1.165) is 6.42 Å². The van der Waals surface area contributed by atoms with Crippen LogP contribution in [0.3, 0.4) is 0 Å². The van der Waals surface area contributed by atoms with Gasteiger partial charge in [-0.25, -0.2) is 0 Å². The zero-order valence-corrected chi connectivity index (χ0v) is 19.4. The molecule has 0 bridgehead atoms. The van der Waals surface area contributed by atoms with Gasteiger partial charge >= 0.3 is 0 Å². The quantitative estimate of drug-likeness (QED) is 0.287. The van der Waals surface area contributed by atoms with Gasteiger partial charge in [0.2, 0.25) is 0 Å². The summed E-state index contributed by atoms with van der Waals surface area (Å²) in [6.45, 7) is 12.8. The minimum atomic E-state index is -0.252. The normalized spacial score (nSPS) is 22.6. The van der Waals surface area contributed by atoms with E-state index in [2.05, 4.69) is 118 Å². The molecule has 1 spiro atoms. The smallest absolute Gasteiger partial charge is 0.0525 e. The minimum absolute atomic E-state index is 0.252. The number of fused-ring (bicyclic) bond motifs is 6. The second-order valence-corrected chi connectivity index (χ2v) is 9.20. The van der Waals surface area contributed by atoms with Crippen molar-refractivity contribution in [2.24, 2.45) is 5.92 Å². The topological polar surface area (TPSA) is 0 Å². The Morgan fingerprint density at radius 3 is 2.30 bits per heavy atom. The van der Waals surface area contributed by atoms with Gasteiger partial charge in [0, 0.05) is 0 Å². The van der Waals surface area contributed by atoms with Gasteiger partial charge in [-0.15, -0.1) is 6.58 Å².